The number of benzene rings is 1. The molecular formula is C11H9N3O3. The van der Waals surface area contributed by atoms with Crippen LogP contribution in [0.4, 0.5) is 11.4 Å². The van der Waals surface area contributed by atoms with Gasteiger partial charge in [0.2, 0.25) is 0 Å². The third-order valence-electron chi connectivity index (χ3n) is 2.28. The summed E-state index contributed by atoms with van der Waals surface area (Å²) in [5.41, 5.74) is 6.15. The van der Waals surface area contributed by atoms with Crippen molar-refractivity contribution in [3.63, 3.8) is 0 Å². The van der Waals surface area contributed by atoms with Gasteiger partial charge in [0.05, 0.1) is 4.92 Å². The number of aromatic nitrogens is 1. The molecule has 0 amide bonds. The van der Waals surface area contributed by atoms with Crippen LogP contribution in [0, 0.1) is 10.1 Å². The van der Waals surface area contributed by atoms with Gasteiger partial charge in [0.1, 0.15) is 0 Å². The minimum absolute atomic E-state index is 0.136. The summed E-state index contributed by atoms with van der Waals surface area (Å²) in [6.45, 7) is 0. The van der Waals surface area contributed by atoms with Crippen LogP contribution >= 0.6 is 0 Å². The van der Waals surface area contributed by atoms with Crippen LogP contribution in [0.25, 0.3) is 11.1 Å². The standard InChI is InChI=1S/C11H9N3O3/c12-8-4-7(5-9(6-8)14(16)17)10-2-1-3-13-11(10)15/h1-6H,12H2,(H,13,15). The highest BCUT2D eigenvalue weighted by Crippen LogP contribution is 2.24. The highest BCUT2D eigenvalue weighted by Gasteiger charge is 2.11. The maximum atomic E-state index is 11.5. The van der Waals surface area contributed by atoms with Crippen LogP contribution in [0.3, 0.4) is 0 Å². The predicted octanol–water partition coefficient (Wildman–Crippen LogP) is 1.53. The number of nitro benzene ring substituents is 1. The molecule has 1 heterocycles. The number of nitrogens with zero attached hydrogens (tertiary/aromatic N) is 1. The Morgan fingerprint density at radius 3 is 2.71 bits per heavy atom. The number of nitro groups is 1. The summed E-state index contributed by atoms with van der Waals surface area (Å²) in [6, 6.07) is 7.32. The van der Waals surface area contributed by atoms with E-state index in [0.717, 1.165) is 0 Å². The molecule has 17 heavy (non-hydrogen) atoms. The van der Waals surface area contributed by atoms with Crippen molar-refractivity contribution in [2.24, 2.45) is 0 Å². The molecule has 2 aromatic rings. The number of anilines is 1. The Balaban J connectivity index is 2.64. The second-order valence-corrected chi connectivity index (χ2v) is 3.48. The lowest BCUT2D eigenvalue weighted by atomic mass is 10.1. The Morgan fingerprint density at radius 2 is 2.06 bits per heavy atom. The second-order valence-electron chi connectivity index (χ2n) is 3.48. The van der Waals surface area contributed by atoms with E-state index < -0.39 is 4.92 Å². The molecule has 0 radical (unpaired) electrons. The van der Waals surface area contributed by atoms with Crippen LogP contribution in [-0.2, 0) is 0 Å². The highest BCUT2D eigenvalue weighted by atomic mass is 16.6. The number of non-ortho nitro benzene ring substituents is 1. The zero-order valence-electron chi connectivity index (χ0n) is 8.71. The molecule has 86 valence electrons. The molecule has 0 aliphatic carbocycles. The smallest absolute Gasteiger partial charge is 0.272 e. The van der Waals surface area contributed by atoms with Crippen LogP contribution in [0.1, 0.15) is 0 Å². The van der Waals surface area contributed by atoms with E-state index >= 15 is 0 Å². The van der Waals surface area contributed by atoms with E-state index in [1.165, 1.54) is 24.4 Å². The van der Waals surface area contributed by atoms with Gasteiger partial charge in [-0.15, -0.1) is 0 Å². The molecule has 0 unspecified atom stereocenters. The highest BCUT2D eigenvalue weighted by molar-refractivity contribution is 5.70. The zero-order valence-corrected chi connectivity index (χ0v) is 8.71. The maximum absolute atomic E-state index is 11.5. The third-order valence-corrected chi connectivity index (χ3v) is 2.28. The quantitative estimate of drug-likeness (QED) is 0.464. The first kappa shape index (κ1) is 10.9. The van der Waals surface area contributed by atoms with E-state index in [4.69, 9.17) is 5.73 Å². The van der Waals surface area contributed by atoms with E-state index in [2.05, 4.69) is 4.98 Å². The van der Waals surface area contributed by atoms with Crippen molar-refractivity contribution in [2.75, 3.05) is 5.73 Å². The number of nitrogens with one attached hydrogen (secondary N) is 1. The van der Waals surface area contributed by atoms with Crippen LogP contribution in [0.5, 0.6) is 0 Å². The molecule has 1 aromatic carbocycles. The summed E-state index contributed by atoms with van der Waals surface area (Å²) in [6.07, 6.45) is 1.49. The minimum Gasteiger partial charge on any atom is -0.399 e. The molecule has 0 saturated heterocycles. The Labute approximate surface area is 95.9 Å². The molecule has 1 aromatic heterocycles. The van der Waals surface area contributed by atoms with Crippen molar-refractivity contribution in [3.8, 4) is 11.1 Å². The molecule has 6 heteroatoms. The average Bonchev–Trinajstić information content (AvgIpc) is 2.28. The van der Waals surface area contributed by atoms with Gasteiger partial charge in [-0.1, -0.05) is 0 Å². The molecule has 0 aliphatic rings. The van der Waals surface area contributed by atoms with Gasteiger partial charge in [-0.2, -0.15) is 0 Å². The molecule has 0 aliphatic heterocycles. The second kappa shape index (κ2) is 4.09. The Kier molecular flexibility index (Phi) is 2.61. The van der Waals surface area contributed by atoms with Crippen LogP contribution in [0.15, 0.2) is 41.3 Å². The summed E-state index contributed by atoms with van der Waals surface area (Å²) >= 11 is 0. The first-order chi connectivity index (χ1) is 8.08. The van der Waals surface area contributed by atoms with Crippen LogP contribution < -0.4 is 11.3 Å². The third kappa shape index (κ3) is 2.15. The van der Waals surface area contributed by atoms with E-state index in [1.54, 1.807) is 12.1 Å². The van der Waals surface area contributed by atoms with Gasteiger partial charge in [-0.25, -0.2) is 0 Å². The van der Waals surface area contributed by atoms with Crippen LogP contribution in [-0.4, -0.2) is 9.91 Å². The molecule has 0 fully saturated rings. The van der Waals surface area contributed by atoms with Gasteiger partial charge in [0.25, 0.3) is 11.2 Å². The number of rotatable bonds is 2. The minimum atomic E-state index is -0.545. The van der Waals surface area contributed by atoms with Crippen LogP contribution in [0.2, 0.25) is 0 Å². The molecule has 0 atom stereocenters. The Morgan fingerprint density at radius 1 is 1.29 bits per heavy atom. The molecule has 3 N–H and O–H groups in total. The van der Waals surface area contributed by atoms with Crippen molar-refractivity contribution in [2.45, 2.75) is 0 Å². The first-order valence-corrected chi connectivity index (χ1v) is 4.81. The van der Waals surface area contributed by atoms with Crippen molar-refractivity contribution in [1.29, 1.82) is 0 Å². The zero-order chi connectivity index (χ0) is 12.4. The van der Waals surface area contributed by atoms with Crippen molar-refractivity contribution < 1.29 is 4.92 Å². The number of nitrogen functional groups attached to an aromatic ring is 1. The number of aromatic amines is 1. The van der Waals surface area contributed by atoms with Crippen molar-refractivity contribution >= 4 is 11.4 Å². The Hall–Kier alpha value is -2.63. The SMILES string of the molecule is Nc1cc(-c2ccc[nH]c2=O)cc([N+](=O)[O-])c1. The van der Waals surface area contributed by atoms with E-state index in [-0.39, 0.29) is 16.9 Å². The number of pyridine rings is 1. The molecule has 0 spiro atoms. The van der Waals surface area contributed by atoms with Crippen molar-refractivity contribution in [3.05, 3.63) is 57.0 Å². The number of nitrogens with two attached hydrogens (primary N) is 1. The predicted molar refractivity (Wildman–Crippen MR) is 63.6 cm³/mol. The lowest BCUT2D eigenvalue weighted by molar-refractivity contribution is -0.384. The maximum Gasteiger partial charge on any atom is 0.272 e. The summed E-state index contributed by atoms with van der Waals surface area (Å²) in [5.74, 6) is 0. The largest absolute Gasteiger partial charge is 0.399 e. The Bertz CT molecular complexity index is 634. The summed E-state index contributed by atoms with van der Waals surface area (Å²) < 4.78 is 0. The van der Waals surface area contributed by atoms with Gasteiger partial charge in [0.15, 0.2) is 0 Å². The molecule has 0 bridgehead atoms. The van der Waals surface area contributed by atoms with Gasteiger partial charge in [0, 0.05) is 29.6 Å². The molecule has 0 saturated carbocycles. The lowest BCUT2D eigenvalue weighted by Gasteiger charge is -2.02. The molecule has 2 rings (SSSR count). The first-order valence-electron chi connectivity index (χ1n) is 4.81. The van der Waals surface area contributed by atoms with Gasteiger partial charge < -0.3 is 10.7 Å². The van der Waals surface area contributed by atoms with Gasteiger partial charge in [-0.3, -0.25) is 14.9 Å². The van der Waals surface area contributed by atoms with E-state index in [9.17, 15) is 14.9 Å². The van der Waals surface area contributed by atoms with E-state index in [0.29, 0.717) is 11.1 Å². The monoisotopic (exact) mass is 231 g/mol. The summed E-state index contributed by atoms with van der Waals surface area (Å²) in [7, 11) is 0. The average molecular weight is 231 g/mol. The normalized spacial score (nSPS) is 10.1. The summed E-state index contributed by atoms with van der Waals surface area (Å²) in [5, 5.41) is 10.7. The van der Waals surface area contributed by atoms with E-state index in [1.807, 2.05) is 0 Å². The number of hydrogen-bond donors (Lipinski definition) is 2. The van der Waals surface area contributed by atoms with Gasteiger partial charge >= 0.3 is 0 Å². The molecular weight excluding hydrogens is 222 g/mol. The number of H-pyrrole nitrogens is 1. The fourth-order valence-corrected chi connectivity index (χ4v) is 1.54. The fourth-order valence-electron chi connectivity index (χ4n) is 1.54. The molecule has 6 nitrogen and oxygen atoms in total. The topological polar surface area (TPSA) is 102 Å². The van der Waals surface area contributed by atoms with Gasteiger partial charge in [-0.05, 0) is 23.8 Å². The fraction of sp³-hybridized carbons (Fsp3) is 0. The van der Waals surface area contributed by atoms with Crippen molar-refractivity contribution in [1.82, 2.24) is 4.98 Å². The lowest BCUT2D eigenvalue weighted by Crippen LogP contribution is -2.07. The number of hydrogen-bond acceptors (Lipinski definition) is 4. The summed E-state index contributed by atoms with van der Waals surface area (Å²) in [4.78, 5) is 24.2.